The molecule has 1 aliphatic heterocycles. The van der Waals surface area contributed by atoms with Crippen LogP contribution in [0.1, 0.15) is 98.7 Å². The van der Waals surface area contributed by atoms with Crippen molar-refractivity contribution in [2.75, 3.05) is 7.11 Å². The summed E-state index contributed by atoms with van der Waals surface area (Å²) in [6.07, 6.45) is 19.6. The molecule has 0 saturated carbocycles. The molecule has 0 fully saturated rings. The first kappa shape index (κ1) is 19.0. The highest BCUT2D eigenvalue weighted by Crippen LogP contribution is 2.18. The zero-order valence-electron chi connectivity index (χ0n) is 15.3. The number of aryl methyl sites for hydroxylation is 2. The smallest absolute Gasteiger partial charge is 0.339 e. The van der Waals surface area contributed by atoms with Gasteiger partial charge in [0.1, 0.15) is 0 Å². The van der Waals surface area contributed by atoms with Crippen LogP contribution in [0.3, 0.4) is 0 Å². The average molecular weight is 332 g/mol. The number of hydrogen-bond donors (Lipinski definition) is 0. The Hall–Kier alpha value is -1.38. The first-order chi connectivity index (χ1) is 11.8. The number of carbonyl (C=O) groups excluding carboxylic acids is 1. The molecule has 0 N–H and O–H groups in total. The first-order valence-electron chi connectivity index (χ1n) is 9.87. The van der Waals surface area contributed by atoms with Gasteiger partial charge < -0.3 is 4.74 Å². The van der Waals surface area contributed by atoms with Gasteiger partial charge in [-0.05, 0) is 37.3 Å². The molecule has 3 rings (SSSR count). The summed E-state index contributed by atoms with van der Waals surface area (Å²) < 4.78 is 4.96. The number of carbonyl (C=O) groups is 1. The van der Waals surface area contributed by atoms with Gasteiger partial charge in [-0.1, -0.05) is 64.2 Å². The van der Waals surface area contributed by atoms with E-state index in [9.17, 15) is 4.79 Å². The molecule has 0 aromatic carbocycles. The van der Waals surface area contributed by atoms with E-state index in [2.05, 4.69) is 4.98 Å². The Kier molecular flexibility index (Phi) is 8.86. The molecule has 3 heteroatoms. The molecule has 0 spiro atoms. The molecule has 0 radical (unpaired) electrons. The number of nitrogens with zero attached hydrogens (tertiary/aromatic N) is 1. The van der Waals surface area contributed by atoms with Crippen LogP contribution in [0.25, 0.3) is 0 Å². The zero-order chi connectivity index (χ0) is 17.0. The average Bonchev–Trinajstić information content (AvgIpc) is 2.61. The summed E-state index contributed by atoms with van der Waals surface area (Å²) in [5.41, 5.74) is 2.75. The molecule has 134 valence electrons. The van der Waals surface area contributed by atoms with Crippen molar-refractivity contribution in [2.45, 2.75) is 89.9 Å². The summed E-state index contributed by atoms with van der Waals surface area (Å²) in [5, 5.41) is 0. The van der Waals surface area contributed by atoms with E-state index in [1.54, 1.807) is 0 Å². The molecule has 0 unspecified atom stereocenters. The number of pyridine rings is 1. The first-order valence-corrected chi connectivity index (χ1v) is 9.87. The Morgan fingerprint density at radius 3 is 1.88 bits per heavy atom. The fraction of sp³-hybridized carbons (Fsp3) is 0.714. The number of esters is 1. The van der Waals surface area contributed by atoms with Crippen LogP contribution in [-0.2, 0) is 17.6 Å². The lowest BCUT2D eigenvalue weighted by Gasteiger charge is -2.10. The Labute approximate surface area is 147 Å². The van der Waals surface area contributed by atoms with Crippen molar-refractivity contribution in [3.05, 3.63) is 29.1 Å². The molecule has 0 amide bonds. The van der Waals surface area contributed by atoms with E-state index in [-0.39, 0.29) is 5.97 Å². The largest absolute Gasteiger partial charge is 0.465 e. The summed E-state index contributed by atoms with van der Waals surface area (Å²) >= 11 is 0. The highest BCUT2D eigenvalue weighted by Gasteiger charge is 2.14. The van der Waals surface area contributed by atoms with Crippen molar-refractivity contribution < 1.29 is 9.53 Å². The normalized spacial score (nSPS) is 18.5. The number of aromatic nitrogens is 1. The third-order valence-corrected chi connectivity index (χ3v) is 5.06. The molecular weight excluding hydrogens is 298 g/mol. The third-order valence-electron chi connectivity index (χ3n) is 5.06. The second-order valence-corrected chi connectivity index (χ2v) is 7.07. The van der Waals surface area contributed by atoms with Crippen molar-refractivity contribution in [1.29, 1.82) is 0 Å². The van der Waals surface area contributed by atoms with E-state index in [0.29, 0.717) is 5.56 Å². The van der Waals surface area contributed by atoms with E-state index < -0.39 is 0 Å². The minimum atomic E-state index is -0.242. The van der Waals surface area contributed by atoms with Crippen LogP contribution in [0.2, 0.25) is 0 Å². The number of rotatable bonds is 1. The number of methoxy groups -OCH3 is 1. The molecule has 1 aromatic heterocycles. The van der Waals surface area contributed by atoms with Gasteiger partial charge in [0.05, 0.1) is 18.4 Å². The van der Waals surface area contributed by atoms with E-state index in [0.717, 1.165) is 25.0 Å². The van der Waals surface area contributed by atoms with Gasteiger partial charge in [0.2, 0.25) is 0 Å². The number of fused-ring (bicyclic) bond motifs is 15. The molecule has 24 heavy (non-hydrogen) atoms. The summed E-state index contributed by atoms with van der Waals surface area (Å²) in [7, 11) is 1.46. The number of hydrogen-bond acceptors (Lipinski definition) is 3. The zero-order valence-corrected chi connectivity index (χ0v) is 15.3. The maximum Gasteiger partial charge on any atom is 0.339 e. The van der Waals surface area contributed by atoms with Crippen LogP contribution >= 0.6 is 0 Å². The van der Waals surface area contributed by atoms with Crippen molar-refractivity contribution in [1.82, 2.24) is 4.98 Å². The van der Waals surface area contributed by atoms with Gasteiger partial charge in [0.15, 0.2) is 0 Å². The fourth-order valence-electron chi connectivity index (χ4n) is 3.55. The van der Waals surface area contributed by atoms with E-state index in [1.165, 1.54) is 83.3 Å². The van der Waals surface area contributed by atoms with Crippen LogP contribution < -0.4 is 0 Å². The molecule has 1 aromatic rings. The Balaban J connectivity index is 2.02. The molecule has 2 bridgehead atoms. The molecule has 2 aliphatic rings. The van der Waals surface area contributed by atoms with Crippen LogP contribution in [0.15, 0.2) is 12.3 Å². The van der Waals surface area contributed by atoms with Gasteiger partial charge in [0, 0.05) is 6.20 Å². The predicted molar refractivity (Wildman–Crippen MR) is 98.4 cm³/mol. The van der Waals surface area contributed by atoms with Crippen molar-refractivity contribution in [3.8, 4) is 0 Å². The van der Waals surface area contributed by atoms with E-state index in [4.69, 9.17) is 4.74 Å². The lowest BCUT2D eigenvalue weighted by Crippen LogP contribution is -2.09. The summed E-state index contributed by atoms with van der Waals surface area (Å²) in [6, 6.07) is 2.01. The van der Waals surface area contributed by atoms with Crippen LogP contribution in [-0.4, -0.2) is 18.1 Å². The quantitative estimate of drug-likeness (QED) is 0.624. The van der Waals surface area contributed by atoms with Gasteiger partial charge in [-0.25, -0.2) is 4.79 Å². The third kappa shape index (κ3) is 6.62. The van der Waals surface area contributed by atoms with Gasteiger partial charge in [-0.3, -0.25) is 4.98 Å². The molecule has 0 atom stereocenters. The monoisotopic (exact) mass is 331 g/mol. The van der Waals surface area contributed by atoms with Crippen molar-refractivity contribution in [2.24, 2.45) is 0 Å². The molecule has 1 aliphatic carbocycles. The van der Waals surface area contributed by atoms with Crippen LogP contribution in [0.4, 0.5) is 0 Å². The minimum Gasteiger partial charge on any atom is -0.465 e. The van der Waals surface area contributed by atoms with Crippen LogP contribution in [0, 0.1) is 0 Å². The maximum atomic E-state index is 12.1. The highest BCUT2D eigenvalue weighted by molar-refractivity contribution is 5.90. The highest BCUT2D eigenvalue weighted by atomic mass is 16.5. The second kappa shape index (κ2) is 11.2. The second-order valence-electron chi connectivity index (χ2n) is 7.07. The summed E-state index contributed by atoms with van der Waals surface area (Å²) in [4.78, 5) is 16.7. The van der Waals surface area contributed by atoms with E-state index in [1.807, 2.05) is 12.3 Å². The van der Waals surface area contributed by atoms with Gasteiger partial charge in [-0.2, -0.15) is 0 Å². The fourth-order valence-corrected chi connectivity index (χ4v) is 3.55. The lowest BCUT2D eigenvalue weighted by atomic mass is 10.00. The SMILES string of the molecule is COC(=O)c1cc2cnc1CCCCCCCCCCCCCC2. The van der Waals surface area contributed by atoms with Crippen molar-refractivity contribution in [3.63, 3.8) is 0 Å². The summed E-state index contributed by atoms with van der Waals surface area (Å²) in [6.45, 7) is 0. The van der Waals surface area contributed by atoms with E-state index >= 15 is 0 Å². The lowest BCUT2D eigenvalue weighted by molar-refractivity contribution is 0.0598. The standard InChI is InChI=1S/C21H33NO2/c1-24-21(23)19-16-18-14-12-10-8-6-4-2-3-5-7-9-11-13-15-20(19)22-17-18/h16-17H,2-15H2,1H3. The Morgan fingerprint density at radius 1 is 0.833 bits per heavy atom. The molecule has 0 saturated heterocycles. The number of ether oxygens (including phenoxy) is 1. The van der Waals surface area contributed by atoms with Crippen LogP contribution in [0.5, 0.6) is 0 Å². The Morgan fingerprint density at radius 2 is 1.33 bits per heavy atom. The Bertz CT molecular complexity index is 499. The van der Waals surface area contributed by atoms with Gasteiger partial charge in [0.25, 0.3) is 0 Å². The predicted octanol–water partition coefficient (Wildman–Crippen LogP) is 5.65. The summed E-state index contributed by atoms with van der Waals surface area (Å²) in [5.74, 6) is -0.242. The molecule has 3 nitrogen and oxygen atoms in total. The molecule has 2 heterocycles. The molecular formula is C21H33NO2. The van der Waals surface area contributed by atoms with Gasteiger partial charge in [-0.15, -0.1) is 0 Å². The maximum absolute atomic E-state index is 12.1. The van der Waals surface area contributed by atoms with Crippen molar-refractivity contribution >= 4 is 5.97 Å². The van der Waals surface area contributed by atoms with Gasteiger partial charge >= 0.3 is 5.97 Å². The minimum absolute atomic E-state index is 0.242. The topological polar surface area (TPSA) is 39.2 Å².